The van der Waals surface area contributed by atoms with E-state index >= 15 is 0 Å². The van der Waals surface area contributed by atoms with E-state index in [1.165, 1.54) is 18.2 Å². The van der Waals surface area contributed by atoms with Crippen LogP contribution in [0, 0.1) is 15.9 Å². The fraction of sp³-hybridized carbons (Fsp3) is 0.364. The lowest BCUT2D eigenvalue weighted by atomic mass is 9.87. The van der Waals surface area contributed by atoms with Crippen molar-refractivity contribution in [3.05, 3.63) is 112 Å². The van der Waals surface area contributed by atoms with Gasteiger partial charge in [-0.1, -0.05) is 56.3 Å². The fourth-order valence-electron chi connectivity index (χ4n) is 5.47. The van der Waals surface area contributed by atoms with Crippen molar-refractivity contribution in [2.24, 2.45) is 0 Å². The number of halogens is 1. The van der Waals surface area contributed by atoms with Crippen LogP contribution in [0.15, 0.2) is 79.0 Å². The van der Waals surface area contributed by atoms with Crippen molar-refractivity contribution in [1.29, 1.82) is 0 Å². The first-order valence-corrected chi connectivity index (χ1v) is 14.4. The normalized spacial score (nSPS) is 12.9. The van der Waals surface area contributed by atoms with E-state index in [0.29, 0.717) is 11.9 Å². The van der Waals surface area contributed by atoms with E-state index in [1.54, 1.807) is 24.3 Å². The SMILES string of the molecule is CCN(CC)CCC[C@@H](C)NC(=O)C[C@H](c1ccc(F)cc1)c1cn(Cc2ccccc2)c2ccc([N+](=O)[O-])cc12. The number of benzene rings is 3. The Morgan fingerprint density at radius 2 is 1.76 bits per heavy atom. The van der Waals surface area contributed by atoms with Crippen LogP contribution in [0.5, 0.6) is 0 Å². The maximum Gasteiger partial charge on any atom is 0.270 e. The maximum atomic E-state index is 13.9. The zero-order valence-corrected chi connectivity index (χ0v) is 24.1. The highest BCUT2D eigenvalue weighted by atomic mass is 19.1. The zero-order chi connectivity index (χ0) is 29.4. The van der Waals surface area contributed by atoms with E-state index in [-0.39, 0.29) is 29.9 Å². The summed E-state index contributed by atoms with van der Waals surface area (Å²) in [4.78, 5) is 27.0. The van der Waals surface area contributed by atoms with Gasteiger partial charge in [0, 0.05) is 54.2 Å². The number of aromatic nitrogens is 1. The van der Waals surface area contributed by atoms with Crippen LogP contribution in [-0.2, 0) is 11.3 Å². The van der Waals surface area contributed by atoms with Crippen molar-refractivity contribution in [1.82, 2.24) is 14.8 Å². The van der Waals surface area contributed by atoms with Gasteiger partial charge in [0.25, 0.3) is 5.69 Å². The third kappa shape index (κ3) is 7.79. The Morgan fingerprint density at radius 3 is 2.41 bits per heavy atom. The molecule has 3 aromatic carbocycles. The van der Waals surface area contributed by atoms with Gasteiger partial charge in [0.15, 0.2) is 0 Å². The number of amides is 1. The molecule has 0 saturated heterocycles. The van der Waals surface area contributed by atoms with E-state index in [1.807, 2.05) is 43.5 Å². The summed E-state index contributed by atoms with van der Waals surface area (Å²) in [6, 6.07) is 21.0. The molecule has 0 fully saturated rings. The predicted octanol–water partition coefficient (Wildman–Crippen LogP) is 6.89. The van der Waals surface area contributed by atoms with E-state index in [9.17, 15) is 19.3 Å². The first-order valence-electron chi connectivity index (χ1n) is 14.4. The number of hydrogen-bond acceptors (Lipinski definition) is 4. The first-order chi connectivity index (χ1) is 19.8. The summed E-state index contributed by atoms with van der Waals surface area (Å²) in [5.41, 5.74) is 3.49. The minimum absolute atomic E-state index is 0.00689. The Morgan fingerprint density at radius 1 is 1.05 bits per heavy atom. The number of hydrogen-bond donors (Lipinski definition) is 1. The second-order valence-electron chi connectivity index (χ2n) is 10.6. The van der Waals surface area contributed by atoms with Crippen LogP contribution in [0.1, 0.15) is 62.6 Å². The average molecular weight is 559 g/mol. The van der Waals surface area contributed by atoms with Gasteiger partial charge in [0.1, 0.15) is 5.82 Å². The first kappa shape index (κ1) is 29.9. The lowest BCUT2D eigenvalue weighted by molar-refractivity contribution is -0.384. The van der Waals surface area contributed by atoms with Crippen LogP contribution in [0.3, 0.4) is 0 Å². The standard InChI is InChI=1S/C33H39FN4O3/c1-4-36(5-2)19-9-10-24(3)35-33(39)21-29(26-13-15-27(34)16-14-26)31-23-37(22-25-11-7-6-8-12-25)32-18-17-28(38(40)41)20-30(31)32/h6-8,11-18,20,23-24,29H,4-5,9-10,19,21-22H2,1-3H3,(H,35,39)/t24-,29-/m1/s1. The summed E-state index contributed by atoms with van der Waals surface area (Å²) in [5.74, 6) is -0.884. The molecule has 0 aliphatic carbocycles. The number of nitrogens with one attached hydrogen (secondary N) is 1. The largest absolute Gasteiger partial charge is 0.354 e. The molecule has 7 nitrogen and oxygen atoms in total. The second kappa shape index (κ2) is 14.0. The molecule has 41 heavy (non-hydrogen) atoms. The van der Waals surface area contributed by atoms with Gasteiger partial charge in [-0.25, -0.2) is 4.39 Å². The molecule has 4 aromatic rings. The average Bonchev–Trinajstić information content (AvgIpc) is 3.32. The van der Waals surface area contributed by atoms with Gasteiger partial charge in [0.05, 0.1) is 4.92 Å². The molecule has 0 spiro atoms. The highest BCUT2D eigenvalue weighted by Crippen LogP contribution is 2.37. The van der Waals surface area contributed by atoms with Crippen molar-refractivity contribution in [3.8, 4) is 0 Å². The molecular weight excluding hydrogens is 519 g/mol. The van der Waals surface area contributed by atoms with E-state index < -0.39 is 10.8 Å². The quantitative estimate of drug-likeness (QED) is 0.135. The predicted molar refractivity (Wildman–Crippen MR) is 162 cm³/mol. The minimum atomic E-state index is -0.417. The molecule has 0 saturated carbocycles. The topological polar surface area (TPSA) is 80.4 Å². The Kier molecular flexibility index (Phi) is 10.2. The van der Waals surface area contributed by atoms with Gasteiger partial charge in [0.2, 0.25) is 5.91 Å². The maximum absolute atomic E-state index is 13.9. The molecule has 1 aromatic heterocycles. The number of nitrogens with zero attached hydrogens (tertiary/aromatic N) is 3. The van der Waals surface area contributed by atoms with Gasteiger partial charge in [-0.15, -0.1) is 0 Å². The van der Waals surface area contributed by atoms with Gasteiger partial charge in [-0.2, -0.15) is 0 Å². The molecule has 0 aliphatic rings. The fourth-order valence-corrected chi connectivity index (χ4v) is 5.47. The van der Waals surface area contributed by atoms with Crippen LogP contribution in [-0.4, -0.2) is 46.0 Å². The third-order valence-electron chi connectivity index (χ3n) is 7.75. The second-order valence-corrected chi connectivity index (χ2v) is 10.6. The van der Waals surface area contributed by atoms with Crippen LogP contribution in [0.25, 0.3) is 10.9 Å². The minimum Gasteiger partial charge on any atom is -0.354 e. The molecule has 2 atom stereocenters. The number of carbonyl (C=O) groups excluding carboxylic acids is 1. The lowest BCUT2D eigenvalue weighted by Gasteiger charge is -2.21. The Bertz CT molecular complexity index is 1450. The Balaban J connectivity index is 1.66. The summed E-state index contributed by atoms with van der Waals surface area (Å²) in [6.45, 7) is 9.89. The summed E-state index contributed by atoms with van der Waals surface area (Å²) >= 11 is 0. The molecule has 1 heterocycles. The third-order valence-corrected chi connectivity index (χ3v) is 7.75. The molecule has 1 amide bonds. The van der Waals surface area contributed by atoms with Crippen molar-refractivity contribution < 1.29 is 14.1 Å². The van der Waals surface area contributed by atoms with Crippen molar-refractivity contribution in [2.45, 2.75) is 58.5 Å². The molecule has 216 valence electrons. The summed E-state index contributed by atoms with van der Waals surface area (Å²) in [7, 11) is 0. The van der Waals surface area contributed by atoms with Crippen molar-refractivity contribution >= 4 is 22.5 Å². The van der Waals surface area contributed by atoms with Crippen LogP contribution in [0.2, 0.25) is 0 Å². The highest BCUT2D eigenvalue weighted by molar-refractivity contribution is 5.88. The molecule has 1 N–H and O–H groups in total. The van der Waals surface area contributed by atoms with E-state index in [0.717, 1.165) is 54.7 Å². The van der Waals surface area contributed by atoms with Crippen molar-refractivity contribution in [3.63, 3.8) is 0 Å². The van der Waals surface area contributed by atoms with Crippen LogP contribution in [0.4, 0.5) is 10.1 Å². The number of non-ortho nitro benzene ring substituents is 1. The summed E-state index contributed by atoms with van der Waals surface area (Å²) in [6.07, 6.45) is 3.97. The molecule has 0 radical (unpaired) electrons. The number of fused-ring (bicyclic) bond motifs is 1. The van der Waals surface area contributed by atoms with Crippen LogP contribution >= 0.6 is 0 Å². The van der Waals surface area contributed by atoms with Gasteiger partial charge < -0.3 is 14.8 Å². The molecule has 8 heteroatoms. The van der Waals surface area contributed by atoms with Gasteiger partial charge >= 0.3 is 0 Å². The van der Waals surface area contributed by atoms with Crippen molar-refractivity contribution in [2.75, 3.05) is 19.6 Å². The molecular formula is C33H39FN4O3. The van der Waals surface area contributed by atoms with E-state index in [2.05, 4.69) is 28.6 Å². The van der Waals surface area contributed by atoms with Crippen LogP contribution < -0.4 is 5.32 Å². The smallest absolute Gasteiger partial charge is 0.270 e. The summed E-state index contributed by atoms with van der Waals surface area (Å²) < 4.78 is 16.0. The number of nitro groups is 1. The molecule has 0 aliphatic heterocycles. The number of nitro benzene ring substituents is 1. The van der Waals surface area contributed by atoms with Gasteiger partial charge in [-0.05, 0) is 74.3 Å². The molecule has 0 unspecified atom stereocenters. The monoisotopic (exact) mass is 558 g/mol. The Labute approximate surface area is 241 Å². The van der Waals surface area contributed by atoms with Gasteiger partial charge in [-0.3, -0.25) is 14.9 Å². The number of carbonyl (C=O) groups is 1. The highest BCUT2D eigenvalue weighted by Gasteiger charge is 2.25. The lowest BCUT2D eigenvalue weighted by Crippen LogP contribution is -2.34. The zero-order valence-electron chi connectivity index (χ0n) is 24.1. The number of rotatable bonds is 14. The Hall–Kier alpha value is -4.04. The molecule has 4 rings (SSSR count). The van der Waals surface area contributed by atoms with E-state index in [4.69, 9.17) is 0 Å². The summed E-state index contributed by atoms with van der Waals surface area (Å²) in [5, 5.41) is 15.5. The molecule has 0 bridgehead atoms.